The maximum atomic E-state index is 9.41. The smallest absolute Gasteiger partial charge is 0.115 e. The van der Waals surface area contributed by atoms with E-state index in [2.05, 4.69) is 37.9 Å². The van der Waals surface area contributed by atoms with Crippen LogP contribution in [-0.2, 0) is 5.41 Å². The second-order valence-corrected chi connectivity index (χ2v) is 5.66. The number of rotatable bonds is 2. The molecule has 0 amide bonds. The van der Waals surface area contributed by atoms with Gasteiger partial charge >= 0.3 is 0 Å². The van der Waals surface area contributed by atoms with Gasteiger partial charge in [0, 0.05) is 5.41 Å². The largest absolute Gasteiger partial charge is 0.508 e. The highest BCUT2D eigenvalue weighted by atomic mass is 16.3. The van der Waals surface area contributed by atoms with E-state index in [1.54, 1.807) is 0 Å². The van der Waals surface area contributed by atoms with Crippen LogP contribution in [0.4, 0.5) is 0 Å². The van der Waals surface area contributed by atoms with Crippen LogP contribution in [0, 0.1) is 5.92 Å². The van der Waals surface area contributed by atoms with E-state index in [-0.39, 0.29) is 0 Å². The Kier molecular flexibility index (Phi) is 3.43. The Balaban J connectivity index is 2.31. The summed E-state index contributed by atoms with van der Waals surface area (Å²) in [5, 5.41) is 9.41. The van der Waals surface area contributed by atoms with Gasteiger partial charge in [-0.3, -0.25) is 0 Å². The van der Waals surface area contributed by atoms with Crippen LogP contribution in [0.2, 0.25) is 0 Å². The molecular formula is C15H23NO. The first-order chi connectivity index (χ1) is 8.04. The monoisotopic (exact) mass is 233 g/mol. The van der Waals surface area contributed by atoms with Crippen molar-refractivity contribution in [3.8, 4) is 5.75 Å². The number of likely N-dealkylation sites (tertiary alicyclic amines) is 1. The lowest BCUT2D eigenvalue weighted by atomic mass is 9.65. The predicted molar refractivity (Wildman–Crippen MR) is 71.4 cm³/mol. The highest BCUT2D eigenvalue weighted by Gasteiger charge is 2.37. The third kappa shape index (κ3) is 2.32. The summed E-state index contributed by atoms with van der Waals surface area (Å²) in [4.78, 5) is 2.40. The average molecular weight is 233 g/mol. The van der Waals surface area contributed by atoms with Crippen molar-refractivity contribution in [3.63, 3.8) is 0 Å². The second-order valence-electron chi connectivity index (χ2n) is 5.66. The zero-order chi connectivity index (χ0) is 12.5. The molecule has 0 saturated carbocycles. The molecule has 0 aliphatic carbocycles. The van der Waals surface area contributed by atoms with E-state index >= 15 is 0 Å². The molecule has 0 atom stereocenters. The van der Waals surface area contributed by atoms with Gasteiger partial charge < -0.3 is 10.0 Å². The summed E-state index contributed by atoms with van der Waals surface area (Å²) in [6.07, 6.45) is 2.43. The van der Waals surface area contributed by atoms with Crippen molar-refractivity contribution in [2.24, 2.45) is 5.92 Å². The maximum Gasteiger partial charge on any atom is 0.115 e. The molecule has 2 rings (SSSR count). The van der Waals surface area contributed by atoms with Crippen molar-refractivity contribution in [1.82, 2.24) is 4.90 Å². The van der Waals surface area contributed by atoms with Crippen molar-refractivity contribution >= 4 is 0 Å². The van der Waals surface area contributed by atoms with Gasteiger partial charge in [-0.25, -0.2) is 0 Å². The molecule has 0 spiro atoms. The Morgan fingerprint density at radius 2 is 1.65 bits per heavy atom. The van der Waals surface area contributed by atoms with Gasteiger partial charge in [0.2, 0.25) is 0 Å². The molecule has 1 saturated heterocycles. The van der Waals surface area contributed by atoms with Crippen LogP contribution in [-0.4, -0.2) is 30.1 Å². The van der Waals surface area contributed by atoms with E-state index < -0.39 is 0 Å². The minimum atomic E-state index is 0.292. The van der Waals surface area contributed by atoms with Crippen LogP contribution >= 0.6 is 0 Å². The Labute approximate surface area is 104 Å². The molecule has 2 heteroatoms. The summed E-state index contributed by atoms with van der Waals surface area (Å²) >= 11 is 0. The van der Waals surface area contributed by atoms with Gasteiger partial charge in [-0.2, -0.15) is 0 Å². The average Bonchev–Trinajstić information content (AvgIpc) is 2.31. The molecule has 1 aliphatic rings. The van der Waals surface area contributed by atoms with E-state index in [0.717, 1.165) is 0 Å². The number of phenolic OH excluding ortho intramolecular Hbond substituents is 1. The first-order valence-electron chi connectivity index (χ1n) is 6.53. The van der Waals surface area contributed by atoms with Gasteiger partial charge in [-0.15, -0.1) is 0 Å². The number of benzene rings is 1. The van der Waals surface area contributed by atoms with Gasteiger partial charge in [-0.05, 0) is 56.6 Å². The molecule has 1 aliphatic heterocycles. The predicted octanol–water partition coefficient (Wildman–Crippen LogP) is 3.01. The zero-order valence-electron chi connectivity index (χ0n) is 11.1. The standard InChI is InChI=1S/C15H23NO/c1-12(2)15(8-10-16(3)11-9-15)13-4-6-14(17)7-5-13/h4-7,12,17H,8-11H2,1-3H3. The topological polar surface area (TPSA) is 23.5 Å². The van der Waals surface area contributed by atoms with E-state index in [4.69, 9.17) is 0 Å². The van der Waals surface area contributed by atoms with E-state index in [1.165, 1.54) is 31.5 Å². The Hall–Kier alpha value is -1.02. The van der Waals surface area contributed by atoms with Crippen molar-refractivity contribution in [2.45, 2.75) is 32.1 Å². The molecule has 1 heterocycles. The molecule has 0 radical (unpaired) electrons. The minimum absolute atomic E-state index is 0.292. The number of piperidine rings is 1. The van der Waals surface area contributed by atoms with Gasteiger partial charge in [0.1, 0.15) is 5.75 Å². The molecule has 94 valence electrons. The van der Waals surface area contributed by atoms with Crippen molar-refractivity contribution < 1.29 is 5.11 Å². The fourth-order valence-electron chi connectivity index (χ4n) is 3.01. The quantitative estimate of drug-likeness (QED) is 0.848. The van der Waals surface area contributed by atoms with Crippen LogP contribution in [0.3, 0.4) is 0 Å². The van der Waals surface area contributed by atoms with Crippen LogP contribution in [0.25, 0.3) is 0 Å². The van der Waals surface area contributed by atoms with Crippen molar-refractivity contribution in [2.75, 3.05) is 20.1 Å². The van der Waals surface area contributed by atoms with Crippen molar-refractivity contribution in [3.05, 3.63) is 29.8 Å². The highest BCUT2D eigenvalue weighted by molar-refractivity contribution is 5.32. The Morgan fingerprint density at radius 1 is 1.12 bits per heavy atom. The van der Waals surface area contributed by atoms with Gasteiger partial charge in [-0.1, -0.05) is 26.0 Å². The van der Waals surface area contributed by atoms with Gasteiger partial charge in [0.25, 0.3) is 0 Å². The van der Waals surface area contributed by atoms with Crippen LogP contribution < -0.4 is 0 Å². The first-order valence-corrected chi connectivity index (χ1v) is 6.53. The molecule has 1 N–H and O–H groups in total. The van der Waals surface area contributed by atoms with Crippen molar-refractivity contribution in [1.29, 1.82) is 0 Å². The lowest BCUT2D eigenvalue weighted by Gasteiger charge is -2.44. The number of hydrogen-bond acceptors (Lipinski definition) is 2. The van der Waals surface area contributed by atoms with Gasteiger partial charge in [0.15, 0.2) is 0 Å². The Bertz CT molecular complexity index is 361. The van der Waals surface area contributed by atoms with Crippen LogP contribution in [0.1, 0.15) is 32.3 Å². The van der Waals surface area contributed by atoms with Crippen LogP contribution in [0.5, 0.6) is 5.75 Å². The lowest BCUT2D eigenvalue weighted by Crippen LogP contribution is -2.44. The van der Waals surface area contributed by atoms with E-state index in [9.17, 15) is 5.11 Å². The number of nitrogens with zero attached hydrogens (tertiary/aromatic N) is 1. The molecular weight excluding hydrogens is 210 g/mol. The number of aromatic hydroxyl groups is 1. The summed E-state index contributed by atoms with van der Waals surface area (Å²) in [5.74, 6) is 1.00. The van der Waals surface area contributed by atoms with E-state index in [0.29, 0.717) is 17.1 Å². The highest BCUT2D eigenvalue weighted by Crippen LogP contribution is 2.41. The number of hydrogen-bond donors (Lipinski definition) is 1. The summed E-state index contributed by atoms with van der Waals surface area (Å²) in [6, 6.07) is 7.83. The number of phenols is 1. The summed E-state index contributed by atoms with van der Waals surface area (Å²) in [5.41, 5.74) is 1.68. The molecule has 0 aromatic heterocycles. The van der Waals surface area contributed by atoms with Gasteiger partial charge in [0.05, 0.1) is 0 Å². The molecule has 1 fully saturated rings. The maximum absolute atomic E-state index is 9.41. The third-order valence-corrected chi connectivity index (χ3v) is 4.43. The van der Waals surface area contributed by atoms with E-state index in [1.807, 2.05) is 12.1 Å². The molecule has 0 bridgehead atoms. The molecule has 17 heavy (non-hydrogen) atoms. The second kappa shape index (κ2) is 4.69. The first kappa shape index (κ1) is 12.4. The fraction of sp³-hybridized carbons (Fsp3) is 0.600. The molecule has 0 unspecified atom stereocenters. The third-order valence-electron chi connectivity index (χ3n) is 4.43. The molecule has 1 aromatic rings. The Morgan fingerprint density at radius 3 is 2.12 bits per heavy atom. The fourth-order valence-corrected chi connectivity index (χ4v) is 3.01. The molecule has 1 aromatic carbocycles. The minimum Gasteiger partial charge on any atom is -0.508 e. The summed E-state index contributed by atoms with van der Waals surface area (Å²) in [6.45, 7) is 6.97. The summed E-state index contributed by atoms with van der Waals surface area (Å²) in [7, 11) is 2.20. The van der Waals surface area contributed by atoms with Crippen LogP contribution in [0.15, 0.2) is 24.3 Å². The lowest BCUT2D eigenvalue weighted by molar-refractivity contribution is 0.146. The SMILES string of the molecule is CC(C)C1(c2ccc(O)cc2)CCN(C)CC1. The molecule has 2 nitrogen and oxygen atoms in total. The normalized spacial score (nSPS) is 20.7. The summed E-state index contributed by atoms with van der Waals surface area (Å²) < 4.78 is 0. The zero-order valence-corrected chi connectivity index (χ0v) is 11.1.